The summed E-state index contributed by atoms with van der Waals surface area (Å²) in [5, 5.41) is 12.1. The highest BCUT2D eigenvalue weighted by Crippen LogP contribution is 2.36. The molecule has 2 rings (SSSR count). The molecule has 0 aromatic heterocycles. The van der Waals surface area contributed by atoms with Crippen molar-refractivity contribution < 1.29 is 5.21 Å². The van der Waals surface area contributed by atoms with Crippen LogP contribution in [0.4, 0.5) is 0 Å². The van der Waals surface area contributed by atoms with Crippen molar-refractivity contribution in [2.24, 2.45) is 0 Å². The maximum Gasteiger partial charge on any atom is 0.0577 e. The molecule has 0 radical (unpaired) electrons. The van der Waals surface area contributed by atoms with E-state index >= 15 is 0 Å². The van der Waals surface area contributed by atoms with Gasteiger partial charge in [0.1, 0.15) is 0 Å². The molecule has 0 heterocycles. The molecule has 17 heavy (non-hydrogen) atoms. The molecule has 0 bridgehead atoms. The summed E-state index contributed by atoms with van der Waals surface area (Å²) < 4.78 is 0. The highest BCUT2D eigenvalue weighted by Gasteiger charge is 2.35. The second kappa shape index (κ2) is 5.19. The smallest absolute Gasteiger partial charge is 0.0577 e. The van der Waals surface area contributed by atoms with Crippen LogP contribution in [0.25, 0.3) is 0 Å². The van der Waals surface area contributed by atoms with Crippen molar-refractivity contribution in [1.82, 2.24) is 5.06 Å². The van der Waals surface area contributed by atoms with Gasteiger partial charge >= 0.3 is 0 Å². The average Bonchev–Trinajstić information content (AvgIpc) is 2.39. The fraction of sp³-hybridized carbons (Fsp3) is 0.600. The molecule has 0 amide bonds. The zero-order valence-corrected chi connectivity index (χ0v) is 10.9. The van der Waals surface area contributed by atoms with E-state index in [4.69, 9.17) is 0 Å². The van der Waals surface area contributed by atoms with Gasteiger partial charge in [-0.2, -0.15) is 5.06 Å². The summed E-state index contributed by atoms with van der Waals surface area (Å²) in [5.41, 5.74) is 1.13. The van der Waals surface area contributed by atoms with Crippen molar-refractivity contribution in [2.45, 2.75) is 57.5 Å². The minimum absolute atomic E-state index is 0.0481. The van der Waals surface area contributed by atoms with Crippen LogP contribution in [0.15, 0.2) is 30.3 Å². The van der Waals surface area contributed by atoms with Crippen LogP contribution in [-0.2, 0) is 0 Å². The molecule has 0 saturated heterocycles. The van der Waals surface area contributed by atoms with Crippen LogP contribution in [0.5, 0.6) is 0 Å². The van der Waals surface area contributed by atoms with Crippen LogP contribution >= 0.6 is 0 Å². The van der Waals surface area contributed by atoms with Gasteiger partial charge in [-0.15, -0.1) is 0 Å². The van der Waals surface area contributed by atoms with Gasteiger partial charge in [-0.3, -0.25) is 0 Å². The molecule has 1 aliphatic carbocycles. The van der Waals surface area contributed by atoms with Gasteiger partial charge in [0.15, 0.2) is 0 Å². The van der Waals surface area contributed by atoms with Gasteiger partial charge in [-0.25, -0.2) is 0 Å². The summed E-state index contributed by atoms with van der Waals surface area (Å²) in [4.78, 5) is 0. The molecule has 1 aromatic carbocycles. The minimum Gasteiger partial charge on any atom is -0.313 e. The van der Waals surface area contributed by atoms with E-state index in [0.717, 1.165) is 12.8 Å². The number of nitrogens with zero attached hydrogens (tertiary/aromatic N) is 1. The maximum absolute atomic E-state index is 10.5. The Morgan fingerprint density at radius 1 is 1.12 bits per heavy atom. The van der Waals surface area contributed by atoms with Crippen LogP contribution in [0, 0.1) is 0 Å². The Morgan fingerprint density at radius 3 is 2.29 bits per heavy atom. The molecular formula is C15H23NO. The standard InChI is InChI=1S/C15H23NO/c1-13(14-9-5-3-6-10-14)16(17)15(2)11-7-4-8-12-15/h3,5-6,9-10,13,17H,4,7-8,11-12H2,1-2H3. The normalized spacial score (nSPS) is 21.4. The molecule has 1 aliphatic rings. The first-order valence-electron chi connectivity index (χ1n) is 6.67. The van der Waals surface area contributed by atoms with E-state index in [1.807, 2.05) is 18.2 Å². The molecule has 0 aliphatic heterocycles. The van der Waals surface area contributed by atoms with Gasteiger partial charge in [0, 0.05) is 5.54 Å². The second-order valence-corrected chi connectivity index (χ2v) is 5.49. The lowest BCUT2D eigenvalue weighted by Gasteiger charge is -2.43. The Balaban J connectivity index is 2.11. The van der Waals surface area contributed by atoms with E-state index in [2.05, 4.69) is 26.0 Å². The number of rotatable bonds is 3. The maximum atomic E-state index is 10.5. The largest absolute Gasteiger partial charge is 0.313 e. The van der Waals surface area contributed by atoms with Gasteiger partial charge in [0.2, 0.25) is 0 Å². The lowest BCUT2D eigenvalue weighted by atomic mass is 9.82. The highest BCUT2D eigenvalue weighted by molar-refractivity contribution is 5.18. The topological polar surface area (TPSA) is 23.5 Å². The number of benzene rings is 1. The van der Waals surface area contributed by atoms with Crippen molar-refractivity contribution in [3.05, 3.63) is 35.9 Å². The van der Waals surface area contributed by atoms with Crippen LogP contribution in [-0.4, -0.2) is 15.8 Å². The Kier molecular flexibility index (Phi) is 3.85. The van der Waals surface area contributed by atoms with E-state index in [-0.39, 0.29) is 11.6 Å². The molecule has 1 fully saturated rings. The molecule has 1 N–H and O–H groups in total. The van der Waals surface area contributed by atoms with E-state index in [9.17, 15) is 5.21 Å². The van der Waals surface area contributed by atoms with Gasteiger partial charge in [-0.1, -0.05) is 49.6 Å². The van der Waals surface area contributed by atoms with Crippen LogP contribution < -0.4 is 0 Å². The predicted molar refractivity (Wildman–Crippen MR) is 70.0 cm³/mol. The first-order chi connectivity index (χ1) is 8.13. The fourth-order valence-electron chi connectivity index (χ4n) is 2.88. The zero-order valence-electron chi connectivity index (χ0n) is 10.9. The average molecular weight is 233 g/mol. The lowest BCUT2D eigenvalue weighted by molar-refractivity contribution is -0.205. The van der Waals surface area contributed by atoms with Crippen LogP contribution in [0.1, 0.15) is 57.6 Å². The minimum atomic E-state index is -0.0481. The summed E-state index contributed by atoms with van der Waals surface area (Å²) in [5.74, 6) is 0. The molecule has 1 aromatic rings. The Morgan fingerprint density at radius 2 is 1.71 bits per heavy atom. The Labute approximate surface area is 104 Å². The first kappa shape index (κ1) is 12.6. The molecule has 1 saturated carbocycles. The quantitative estimate of drug-likeness (QED) is 0.792. The molecule has 2 nitrogen and oxygen atoms in total. The van der Waals surface area contributed by atoms with Crippen molar-refractivity contribution >= 4 is 0 Å². The zero-order chi connectivity index (χ0) is 12.3. The fourth-order valence-corrected chi connectivity index (χ4v) is 2.88. The van der Waals surface area contributed by atoms with Crippen molar-refractivity contribution in [1.29, 1.82) is 0 Å². The molecule has 1 atom stereocenters. The molecule has 1 unspecified atom stereocenters. The highest BCUT2D eigenvalue weighted by atomic mass is 16.5. The van der Waals surface area contributed by atoms with Gasteiger partial charge in [0.25, 0.3) is 0 Å². The number of hydroxylamine groups is 2. The summed E-state index contributed by atoms with van der Waals surface area (Å²) >= 11 is 0. The molecule has 0 spiro atoms. The number of hydrogen-bond donors (Lipinski definition) is 1. The van der Waals surface area contributed by atoms with E-state index in [1.165, 1.54) is 24.8 Å². The second-order valence-electron chi connectivity index (χ2n) is 5.49. The summed E-state index contributed by atoms with van der Waals surface area (Å²) in [6.07, 6.45) is 5.97. The summed E-state index contributed by atoms with van der Waals surface area (Å²) in [6, 6.07) is 10.3. The van der Waals surface area contributed by atoms with Crippen molar-refractivity contribution in [3.8, 4) is 0 Å². The lowest BCUT2D eigenvalue weighted by Crippen LogP contribution is -2.46. The molecular weight excluding hydrogens is 210 g/mol. The van der Waals surface area contributed by atoms with Gasteiger partial charge in [0.05, 0.1) is 6.04 Å². The van der Waals surface area contributed by atoms with Crippen molar-refractivity contribution in [2.75, 3.05) is 0 Å². The Bertz CT molecular complexity index is 343. The van der Waals surface area contributed by atoms with E-state index in [1.54, 1.807) is 5.06 Å². The van der Waals surface area contributed by atoms with E-state index in [0.29, 0.717) is 0 Å². The first-order valence-corrected chi connectivity index (χ1v) is 6.67. The summed E-state index contributed by atoms with van der Waals surface area (Å²) in [7, 11) is 0. The number of hydrogen-bond acceptors (Lipinski definition) is 2. The van der Waals surface area contributed by atoms with Gasteiger partial charge < -0.3 is 5.21 Å². The third-order valence-corrected chi connectivity index (χ3v) is 4.13. The summed E-state index contributed by atoms with van der Waals surface area (Å²) in [6.45, 7) is 4.26. The SMILES string of the molecule is CC(c1ccccc1)N(O)C1(C)CCCCC1. The third kappa shape index (κ3) is 2.70. The third-order valence-electron chi connectivity index (χ3n) is 4.13. The van der Waals surface area contributed by atoms with Crippen molar-refractivity contribution in [3.63, 3.8) is 0 Å². The van der Waals surface area contributed by atoms with Gasteiger partial charge in [-0.05, 0) is 32.3 Å². The molecule has 2 heteroatoms. The monoisotopic (exact) mass is 233 g/mol. The van der Waals surface area contributed by atoms with Crippen LogP contribution in [0.2, 0.25) is 0 Å². The van der Waals surface area contributed by atoms with Crippen LogP contribution in [0.3, 0.4) is 0 Å². The molecule has 94 valence electrons. The van der Waals surface area contributed by atoms with E-state index < -0.39 is 0 Å². The Hall–Kier alpha value is -0.860. The predicted octanol–water partition coefficient (Wildman–Crippen LogP) is 4.16.